The monoisotopic (exact) mass is 346 g/mol. The van der Waals surface area contributed by atoms with Crippen LogP contribution in [0, 0.1) is 5.92 Å². The van der Waals surface area contributed by atoms with Crippen LogP contribution < -0.4 is 10.0 Å². The number of hydrogen-bond donors (Lipinski definition) is 2. The Kier molecular flexibility index (Phi) is 5.98. The summed E-state index contributed by atoms with van der Waals surface area (Å²) in [6, 6.07) is 15.2. The molecule has 0 heterocycles. The first-order valence-electron chi connectivity index (χ1n) is 7.81. The van der Waals surface area contributed by atoms with Gasteiger partial charge in [0.2, 0.25) is 5.91 Å². The zero-order valence-electron chi connectivity index (χ0n) is 13.8. The highest BCUT2D eigenvalue weighted by Gasteiger charge is 2.15. The van der Waals surface area contributed by atoms with E-state index in [-0.39, 0.29) is 23.3 Å². The largest absolute Gasteiger partial charge is 0.352 e. The fourth-order valence-electron chi connectivity index (χ4n) is 2.21. The molecule has 0 aliphatic heterocycles. The number of nitrogens with one attached hydrogen (secondary N) is 2. The Morgan fingerprint density at radius 2 is 1.62 bits per heavy atom. The Hall–Kier alpha value is -2.34. The lowest BCUT2D eigenvalue weighted by Gasteiger charge is -2.13. The Balaban J connectivity index is 2.13. The van der Waals surface area contributed by atoms with Crippen LogP contribution in [-0.2, 0) is 21.4 Å². The van der Waals surface area contributed by atoms with Gasteiger partial charge in [0.1, 0.15) is 0 Å². The second kappa shape index (κ2) is 7.97. The summed E-state index contributed by atoms with van der Waals surface area (Å²) in [6.07, 6.45) is 0.442. The standard InChI is InChI=1S/C18H22N2O3S/c1-14(2)12-18(21)19-13-15-8-6-7-11-17(15)20-24(22,23)16-9-4-3-5-10-16/h3-11,14,20H,12-13H2,1-2H3,(H,19,21). The summed E-state index contributed by atoms with van der Waals surface area (Å²) in [4.78, 5) is 12.0. The number of benzene rings is 2. The smallest absolute Gasteiger partial charge is 0.261 e. The Labute approximate surface area is 143 Å². The minimum absolute atomic E-state index is 0.0503. The summed E-state index contributed by atoms with van der Waals surface area (Å²) in [5.41, 5.74) is 1.18. The van der Waals surface area contributed by atoms with Crippen LogP contribution >= 0.6 is 0 Å². The molecular formula is C18H22N2O3S. The van der Waals surface area contributed by atoms with E-state index in [9.17, 15) is 13.2 Å². The molecule has 0 bridgehead atoms. The van der Waals surface area contributed by atoms with E-state index in [1.165, 1.54) is 12.1 Å². The van der Waals surface area contributed by atoms with Gasteiger partial charge in [0.15, 0.2) is 0 Å². The van der Waals surface area contributed by atoms with Crippen molar-refractivity contribution in [2.24, 2.45) is 5.92 Å². The van der Waals surface area contributed by atoms with Gasteiger partial charge >= 0.3 is 0 Å². The lowest BCUT2D eigenvalue weighted by Crippen LogP contribution is -2.24. The van der Waals surface area contributed by atoms with Crippen LogP contribution in [0.1, 0.15) is 25.8 Å². The average Bonchev–Trinajstić information content (AvgIpc) is 2.54. The van der Waals surface area contributed by atoms with Gasteiger partial charge in [-0.2, -0.15) is 0 Å². The molecule has 2 aromatic rings. The van der Waals surface area contributed by atoms with Gasteiger partial charge in [0.05, 0.1) is 10.6 Å². The van der Waals surface area contributed by atoms with Crippen molar-refractivity contribution in [3.8, 4) is 0 Å². The summed E-state index contributed by atoms with van der Waals surface area (Å²) in [7, 11) is -3.66. The molecule has 2 N–H and O–H groups in total. The summed E-state index contributed by atoms with van der Waals surface area (Å²) in [5, 5.41) is 2.82. The van der Waals surface area contributed by atoms with Gasteiger partial charge in [-0.3, -0.25) is 9.52 Å². The molecule has 128 valence electrons. The highest BCUT2D eigenvalue weighted by Crippen LogP contribution is 2.20. The lowest BCUT2D eigenvalue weighted by atomic mass is 10.1. The van der Waals surface area contributed by atoms with Crippen molar-refractivity contribution in [3.63, 3.8) is 0 Å². The Bertz CT molecular complexity index is 787. The number of rotatable bonds is 7. The van der Waals surface area contributed by atoms with E-state index in [0.717, 1.165) is 0 Å². The fourth-order valence-corrected chi connectivity index (χ4v) is 3.34. The molecule has 0 aromatic heterocycles. The predicted molar refractivity (Wildman–Crippen MR) is 95.0 cm³/mol. The van der Waals surface area contributed by atoms with E-state index >= 15 is 0 Å². The van der Waals surface area contributed by atoms with Crippen LogP contribution in [0.5, 0.6) is 0 Å². The van der Waals surface area contributed by atoms with Crippen molar-refractivity contribution < 1.29 is 13.2 Å². The first-order chi connectivity index (χ1) is 11.4. The number of sulfonamides is 1. The quantitative estimate of drug-likeness (QED) is 0.809. The molecule has 2 aromatic carbocycles. The lowest BCUT2D eigenvalue weighted by molar-refractivity contribution is -0.121. The van der Waals surface area contributed by atoms with E-state index in [4.69, 9.17) is 0 Å². The van der Waals surface area contributed by atoms with Gasteiger partial charge in [-0.15, -0.1) is 0 Å². The van der Waals surface area contributed by atoms with Gasteiger partial charge in [-0.25, -0.2) is 8.42 Å². The van der Waals surface area contributed by atoms with Gasteiger partial charge in [0, 0.05) is 13.0 Å². The zero-order valence-corrected chi connectivity index (χ0v) is 14.6. The molecular weight excluding hydrogens is 324 g/mol. The first kappa shape index (κ1) is 18.0. The van der Waals surface area contributed by atoms with Crippen LogP contribution in [0.25, 0.3) is 0 Å². The zero-order chi connectivity index (χ0) is 17.6. The minimum atomic E-state index is -3.66. The number of anilines is 1. The summed E-state index contributed by atoms with van der Waals surface area (Å²) in [5.74, 6) is 0.225. The third-order valence-corrected chi connectivity index (χ3v) is 4.77. The van der Waals surface area contributed by atoms with Crippen molar-refractivity contribution in [2.75, 3.05) is 4.72 Å². The number of carbonyl (C=O) groups excluding carboxylic acids is 1. The molecule has 0 radical (unpaired) electrons. The summed E-state index contributed by atoms with van der Waals surface area (Å²) in [6.45, 7) is 4.22. The third-order valence-electron chi connectivity index (χ3n) is 3.38. The van der Waals surface area contributed by atoms with E-state index in [1.54, 1.807) is 36.4 Å². The van der Waals surface area contributed by atoms with E-state index in [0.29, 0.717) is 17.7 Å². The van der Waals surface area contributed by atoms with Crippen LogP contribution in [0.2, 0.25) is 0 Å². The Morgan fingerprint density at radius 3 is 2.29 bits per heavy atom. The molecule has 5 nitrogen and oxygen atoms in total. The summed E-state index contributed by atoms with van der Waals surface area (Å²) < 4.78 is 27.5. The molecule has 0 atom stereocenters. The van der Waals surface area contributed by atoms with Crippen LogP contribution in [0.15, 0.2) is 59.5 Å². The summed E-state index contributed by atoms with van der Waals surface area (Å²) >= 11 is 0. The highest BCUT2D eigenvalue weighted by molar-refractivity contribution is 7.92. The number of amides is 1. The normalized spacial score (nSPS) is 11.3. The second-order valence-electron chi connectivity index (χ2n) is 5.95. The SMILES string of the molecule is CC(C)CC(=O)NCc1ccccc1NS(=O)(=O)c1ccccc1. The maximum absolute atomic E-state index is 12.4. The van der Waals surface area contributed by atoms with E-state index in [1.807, 2.05) is 19.9 Å². The average molecular weight is 346 g/mol. The van der Waals surface area contributed by atoms with Crippen LogP contribution in [-0.4, -0.2) is 14.3 Å². The maximum Gasteiger partial charge on any atom is 0.261 e. The van der Waals surface area contributed by atoms with E-state index in [2.05, 4.69) is 10.0 Å². The van der Waals surface area contributed by atoms with Crippen molar-refractivity contribution in [1.29, 1.82) is 0 Å². The van der Waals surface area contributed by atoms with Crippen LogP contribution in [0.4, 0.5) is 5.69 Å². The molecule has 0 fully saturated rings. The first-order valence-corrected chi connectivity index (χ1v) is 9.29. The highest BCUT2D eigenvalue weighted by atomic mass is 32.2. The van der Waals surface area contributed by atoms with E-state index < -0.39 is 10.0 Å². The predicted octanol–water partition coefficient (Wildman–Crippen LogP) is 3.15. The molecule has 0 aliphatic carbocycles. The number of hydrogen-bond acceptors (Lipinski definition) is 3. The van der Waals surface area contributed by atoms with Gasteiger partial charge in [-0.05, 0) is 29.7 Å². The molecule has 2 rings (SSSR count). The topological polar surface area (TPSA) is 75.3 Å². The fraction of sp³-hybridized carbons (Fsp3) is 0.278. The molecule has 24 heavy (non-hydrogen) atoms. The van der Waals surface area contributed by atoms with Gasteiger partial charge in [-0.1, -0.05) is 50.2 Å². The molecule has 0 aliphatic rings. The van der Waals surface area contributed by atoms with Crippen molar-refractivity contribution in [3.05, 3.63) is 60.2 Å². The van der Waals surface area contributed by atoms with Crippen molar-refractivity contribution >= 4 is 21.6 Å². The molecule has 0 saturated heterocycles. The number of carbonyl (C=O) groups is 1. The van der Waals surface area contributed by atoms with Crippen molar-refractivity contribution in [2.45, 2.75) is 31.7 Å². The molecule has 0 unspecified atom stereocenters. The third kappa shape index (κ3) is 5.09. The molecule has 1 amide bonds. The molecule has 0 saturated carbocycles. The van der Waals surface area contributed by atoms with Crippen LogP contribution in [0.3, 0.4) is 0 Å². The van der Waals surface area contributed by atoms with Gasteiger partial charge in [0.25, 0.3) is 10.0 Å². The van der Waals surface area contributed by atoms with Gasteiger partial charge < -0.3 is 5.32 Å². The molecule has 0 spiro atoms. The second-order valence-corrected chi connectivity index (χ2v) is 7.63. The Morgan fingerprint density at radius 1 is 1.00 bits per heavy atom. The maximum atomic E-state index is 12.4. The molecule has 6 heteroatoms. The van der Waals surface area contributed by atoms with Crippen molar-refractivity contribution in [1.82, 2.24) is 5.32 Å². The minimum Gasteiger partial charge on any atom is -0.352 e. The number of para-hydroxylation sites is 1.